The molecule has 1 rings (SSSR count). The smallest absolute Gasteiger partial charge is 0.123 e. The van der Waals surface area contributed by atoms with Crippen LogP contribution >= 0.6 is 0 Å². The van der Waals surface area contributed by atoms with Crippen LogP contribution in [0, 0.1) is 0 Å². The average Bonchev–Trinajstić information content (AvgIpc) is 1.65. The molecule has 1 saturated heterocycles. The van der Waals surface area contributed by atoms with E-state index in [1.54, 1.807) is 0 Å². The first-order chi connectivity index (χ1) is 3.71. The number of hydrogen-bond acceptors (Lipinski definition) is 1. The van der Waals surface area contributed by atoms with Crippen LogP contribution in [0.5, 0.6) is 0 Å². The molecule has 0 radical (unpaired) electrons. The van der Waals surface area contributed by atoms with E-state index in [1.807, 2.05) is 0 Å². The first-order valence-corrected chi connectivity index (χ1v) is 2.81. The maximum Gasteiger partial charge on any atom is 0.123 e. The van der Waals surface area contributed by atoms with E-state index in [0.717, 1.165) is 12.8 Å². The van der Waals surface area contributed by atoms with E-state index in [1.165, 1.54) is 0 Å². The van der Waals surface area contributed by atoms with Gasteiger partial charge in [0.2, 0.25) is 0 Å². The van der Waals surface area contributed by atoms with Gasteiger partial charge in [0.05, 0.1) is 0 Å². The Morgan fingerprint density at radius 1 is 1.50 bits per heavy atom. The molecule has 1 fully saturated rings. The third-order valence-corrected chi connectivity index (χ3v) is 1.26. The number of alkyl halides is 1. The largest absolute Gasteiger partial charge is 0.605 e. The van der Waals surface area contributed by atoms with Crippen molar-refractivity contribution in [2.45, 2.75) is 25.2 Å². The SMILES string of the molecule is OC1(F)CCCC[N-]1. The van der Waals surface area contributed by atoms with Gasteiger partial charge in [-0.05, 0) is 6.42 Å². The quantitative estimate of drug-likeness (QED) is 0.476. The van der Waals surface area contributed by atoms with Gasteiger partial charge in [0.25, 0.3) is 0 Å². The number of rotatable bonds is 0. The first kappa shape index (κ1) is 5.98. The number of hydrogen-bond donors (Lipinski definition) is 1. The van der Waals surface area contributed by atoms with Crippen LogP contribution in [-0.2, 0) is 0 Å². The third-order valence-electron chi connectivity index (χ3n) is 1.26. The Labute approximate surface area is 47.7 Å². The van der Waals surface area contributed by atoms with E-state index in [4.69, 9.17) is 5.11 Å². The molecule has 1 aliphatic heterocycles. The lowest BCUT2D eigenvalue weighted by Gasteiger charge is -2.38. The van der Waals surface area contributed by atoms with Crippen molar-refractivity contribution in [3.05, 3.63) is 5.32 Å². The zero-order valence-electron chi connectivity index (χ0n) is 4.60. The summed E-state index contributed by atoms with van der Waals surface area (Å²) in [7, 11) is 0. The van der Waals surface area contributed by atoms with Gasteiger partial charge >= 0.3 is 0 Å². The van der Waals surface area contributed by atoms with Crippen LogP contribution < -0.4 is 0 Å². The number of halogens is 1. The second-order valence-corrected chi connectivity index (χ2v) is 2.06. The first-order valence-electron chi connectivity index (χ1n) is 2.81. The van der Waals surface area contributed by atoms with Crippen molar-refractivity contribution in [2.75, 3.05) is 6.54 Å². The summed E-state index contributed by atoms with van der Waals surface area (Å²) in [5.41, 5.74) is 0. The highest BCUT2D eigenvalue weighted by Gasteiger charge is 2.15. The van der Waals surface area contributed by atoms with Crippen LogP contribution in [-0.4, -0.2) is 17.6 Å². The van der Waals surface area contributed by atoms with Crippen LogP contribution in [0.3, 0.4) is 0 Å². The van der Waals surface area contributed by atoms with Gasteiger partial charge in [-0.2, -0.15) is 0 Å². The van der Waals surface area contributed by atoms with Crippen LogP contribution in [0.1, 0.15) is 19.3 Å². The van der Waals surface area contributed by atoms with Crippen LogP contribution in [0.15, 0.2) is 0 Å². The van der Waals surface area contributed by atoms with Gasteiger partial charge in [-0.15, -0.1) is 6.54 Å². The number of piperidine rings is 1. The van der Waals surface area contributed by atoms with Crippen molar-refractivity contribution in [3.8, 4) is 0 Å². The van der Waals surface area contributed by atoms with E-state index < -0.39 is 5.98 Å². The summed E-state index contributed by atoms with van der Waals surface area (Å²) in [6.07, 6.45) is 1.83. The zero-order valence-corrected chi connectivity index (χ0v) is 4.60. The van der Waals surface area contributed by atoms with Gasteiger partial charge in [0, 0.05) is 0 Å². The molecule has 0 amide bonds. The second kappa shape index (κ2) is 1.99. The van der Waals surface area contributed by atoms with Gasteiger partial charge in [0.1, 0.15) is 5.98 Å². The predicted octanol–water partition coefficient (Wildman–Crippen LogP) is 1.16. The van der Waals surface area contributed by atoms with Gasteiger partial charge in [-0.3, -0.25) is 0 Å². The minimum atomic E-state index is -2.20. The zero-order chi connectivity index (χ0) is 6.04. The monoisotopic (exact) mass is 118 g/mol. The van der Waals surface area contributed by atoms with Gasteiger partial charge in [-0.25, -0.2) is 4.39 Å². The lowest BCUT2D eigenvalue weighted by molar-refractivity contribution is -0.0685. The molecule has 0 spiro atoms. The Balaban J connectivity index is 2.33. The molecule has 1 heterocycles. The number of aliphatic hydroxyl groups is 1. The molecule has 1 unspecified atom stereocenters. The lowest BCUT2D eigenvalue weighted by atomic mass is 10.1. The fourth-order valence-electron chi connectivity index (χ4n) is 0.791. The normalized spacial score (nSPS) is 39.8. The number of nitrogens with zero attached hydrogens (tertiary/aromatic N) is 1. The van der Waals surface area contributed by atoms with E-state index in [-0.39, 0.29) is 6.42 Å². The summed E-state index contributed by atoms with van der Waals surface area (Å²) in [5, 5.41) is 11.9. The summed E-state index contributed by atoms with van der Waals surface area (Å²) >= 11 is 0. The molecule has 1 atom stereocenters. The topological polar surface area (TPSA) is 34.3 Å². The summed E-state index contributed by atoms with van der Waals surface area (Å²) in [6, 6.07) is 0. The molecule has 1 N–H and O–H groups in total. The van der Waals surface area contributed by atoms with Gasteiger partial charge < -0.3 is 10.4 Å². The molecular formula is C5H9FNO-. The van der Waals surface area contributed by atoms with Crippen molar-refractivity contribution >= 4 is 0 Å². The molecular weight excluding hydrogens is 109 g/mol. The molecule has 2 nitrogen and oxygen atoms in total. The standard InChI is InChI=1S/C5H9FNO/c6-5(8)3-1-2-4-7-5/h8H,1-4H2/q-1. The summed E-state index contributed by atoms with van der Waals surface area (Å²) < 4.78 is 12.3. The molecule has 0 saturated carbocycles. The minimum Gasteiger partial charge on any atom is -0.605 e. The molecule has 3 heteroatoms. The molecule has 8 heavy (non-hydrogen) atoms. The summed E-state index contributed by atoms with van der Waals surface area (Å²) in [6.45, 7) is 0.465. The molecule has 1 aliphatic rings. The fourth-order valence-corrected chi connectivity index (χ4v) is 0.791. The van der Waals surface area contributed by atoms with E-state index in [9.17, 15) is 4.39 Å². The van der Waals surface area contributed by atoms with Crippen molar-refractivity contribution in [3.63, 3.8) is 0 Å². The van der Waals surface area contributed by atoms with Crippen LogP contribution in [0.4, 0.5) is 4.39 Å². The maximum absolute atomic E-state index is 12.3. The van der Waals surface area contributed by atoms with Crippen LogP contribution in [0.25, 0.3) is 5.32 Å². The Hall–Kier alpha value is -0.150. The third kappa shape index (κ3) is 1.42. The maximum atomic E-state index is 12.3. The van der Waals surface area contributed by atoms with E-state index in [2.05, 4.69) is 5.32 Å². The Morgan fingerprint density at radius 3 is 2.50 bits per heavy atom. The molecule has 0 aromatic rings. The van der Waals surface area contributed by atoms with Gasteiger partial charge in [0.15, 0.2) is 0 Å². The molecule has 0 bridgehead atoms. The highest BCUT2D eigenvalue weighted by molar-refractivity contribution is 4.93. The van der Waals surface area contributed by atoms with Crippen molar-refractivity contribution in [1.82, 2.24) is 0 Å². The van der Waals surface area contributed by atoms with Crippen LogP contribution in [0.2, 0.25) is 0 Å². The molecule has 0 aliphatic carbocycles. The fraction of sp³-hybridized carbons (Fsp3) is 1.00. The summed E-state index contributed by atoms with van der Waals surface area (Å²) in [4.78, 5) is 0. The Kier molecular flexibility index (Phi) is 1.49. The van der Waals surface area contributed by atoms with Crippen molar-refractivity contribution in [2.24, 2.45) is 0 Å². The van der Waals surface area contributed by atoms with Gasteiger partial charge in [-0.1, -0.05) is 12.8 Å². The Bertz CT molecular complexity index is 76.5. The highest BCUT2D eigenvalue weighted by atomic mass is 19.2. The minimum absolute atomic E-state index is 0.174. The highest BCUT2D eigenvalue weighted by Crippen LogP contribution is 2.27. The lowest BCUT2D eigenvalue weighted by Crippen LogP contribution is -2.25. The predicted molar refractivity (Wildman–Crippen MR) is 28.1 cm³/mol. The van der Waals surface area contributed by atoms with Crippen molar-refractivity contribution < 1.29 is 9.50 Å². The molecule has 0 aromatic carbocycles. The average molecular weight is 118 g/mol. The van der Waals surface area contributed by atoms with E-state index in [0.29, 0.717) is 6.54 Å². The Morgan fingerprint density at radius 2 is 2.25 bits per heavy atom. The van der Waals surface area contributed by atoms with Crippen molar-refractivity contribution in [1.29, 1.82) is 0 Å². The second-order valence-electron chi connectivity index (χ2n) is 2.06. The van der Waals surface area contributed by atoms with E-state index >= 15 is 0 Å². The molecule has 48 valence electrons. The summed E-state index contributed by atoms with van der Waals surface area (Å²) in [5.74, 6) is -2.20. The molecule has 0 aromatic heterocycles.